The lowest BCUT2D eigenvalue weighted by Crippen LogP contribution is -2.37. The Morgan fingerprint density at radius 2 is 1.83 bits per heavy atom. The first kappa shape index (κ1) is 12.1. The van der Waals surface area contributed by atoms with Crippen LogP contribution in [0.1, 0.15) is 31.2 Å². The summed E-state index contributed by atoms with van der Waals surface area (Å²) < 4.78 is 0. The van der Waals surface area contributed by atoms with Crippen LogP contribution in [0.2, 0.25) is 0 Å². The van der Waals surface area contributed by atoms with Gasteiger partial charge in [-0.05, 0) is 68.9 Å². The minimum absolute atomic E-state index is 0.861. The molecule has 2 heterocycles. The lowest BCUT2D eigenvalue weighted by molar-refractivity contribution is 0.175. The van der Waals surface area contributed by atoms with Crippen molar-refractivity contribution in [1.29, 1.82) is 0 Å². The molecule has 1 aromatic heterocycles. The fraction of sp³-hybridized carbons (Fsp3) is 0.667. The first-order chi connectivity index (χ1) is 8.90. The molecule has 0 unspecified atom stereocenters. The molecule has 3 rings (SSSR count). The van der Waals surface area contributed by atoms with Crippen LogP contribution in [0.5, 0.6) is 0 Å². The standard InChI is InChI=1S/C15H23N3/c1-2-15(1)17-11-13-5-9-18(10-6-13)12-14-3-7-16-8-4-14/h3-4,7-8,13,15,17H,1-2,5-6,9-12H2. The van der Waals surface area contributed by atoms with Crippen molar-refractivity contribution in [2.24, 2.45) is 5.92 Å². The van der Waals surface area contributed by atoms with Crippen molar-refractivity contribution in [2.45, 2.75) is 38.3 Å². The summed E-state index contributed by atoms with van der Waals surface area (Å²) in [5.74, 6) is 0.902. The molecule has 1 saturated carbocycles. The van der Waals surface area contributed by atoms with E-state index in [1.807, 2.05) is 12.4 Å². The molecule has 1 aromatic rings. The van der Waals surface area contributed by atoms with E-state index in [1.54, 1.807) is 0 Å². The van der Waals surface area contributed by atoms with Crippen LogP contribution < -0.4 is 5.32 Å². The highest BCUT2D eigenvalue weighted by Crippen LogP contribution is 2.22. The third-order valence-corrected chi connectivity index (χ3v) is 4.14. The molecule has 1 N–H and O–H groups in total. The Morgan fingerprint density at radius 1 is 1.11 bits per heavy atom. The van der Waals surface area contributed by atoms with Gasteiger partial charge in [0.05, 0.1) is 0 Å². The Hall–Kier alpha value is -0.930. The van der Waals surface area contributed by atoms with Crippen LogP contribution in [0, 0.1) is 5.92 Å². The lowest BCUT2D eigenvalue weighted by Gasteiger charge is -2.32. The van der Waals surface area contributed by atoms with E-state index in [0.29, 0.717) is 0 Å². The number of hydrogen-bond acceptors (Lipinski definition) is 3. The summed E-state index contributed by atoms with van der Waals surface area (Å²) in [6.45, 7) is 4.83. The predicted molar refractivity (Wildman–Crippen MR) is 73.3 cm³/mol. The van der Waals surface area contributed by atoms with Gasteiger partial charge in [0.15, 0.2) is 0 Å². The van der Waals surface area contributed by atoms with Gasteiger partial charge in [-0.3, -0.25) is 9.88 Å². The maximum absolute atomic E-state index is 4.07. The molecule has 0 spiro atoms. The van der Waals surface area contributed by atoms with Gasteiger partial charge in [-0.15, -0.1) is 0 Å². The van der Waals surface area contributed by atoms with Crippen LogP contribution in [0.25, 0.3) is 0 Å². The Balaban J connectivity index is 1.39. The van der Waals surface area contributed by atoms with Crippen LogP contribution in [0.15, 0.2) is 24.5 Å². The molecular weight excluding hydrogens is 222 g/mol. The summed E-state index contributed by atoms with van der Waals surface area (Å²) in [6.07, 6.45) is 9.29. The summed E-state index contributed by atoms with van der Waals surface area (Å²) in [6, 6.07) is 5.11. The van der Waals surface area contributed by atoms with Gasteiger partial charge < -0.3 is 5.32 Å². The lowest BCUT2D eigenvalue weighted by atomic mass is 9.96. The molecule has 0 bridgehead atoms. The Labute approximate surface area is 110 Å². The molecule has 0 atom stereocenters. The fourth-order valence-corrected chi connectivity index (χ4v) is 2.72. The van der Waals surface area contributed by atoms with Crippen molar-refractivity contribution < 1.29 is 0 Å². The molecule has 98 valence electrons. The van der Waals surface area contributed by atoms with Gasteiger partial charge in [0, 0.05) is 25.0 Å². The fourth-order valence-electron chi connectivity index (χ4n) is 2.72. The highest BCUT2D eigenvalue weighted by atomic mass is 15.1. The van der Waals surface area contributed by atoms with E-state index in [-0.39, 0.29) is 0 Å². The van der Waals surface area contributed by atoms with Crippen molar-refractivity contribution in [3.63, 3.8) is 0 Å². The minimum atomic E-state index is 0.861. The molecule has 1 saturated heterocycles. The van der Waals surface area contributed by atoms with Crippen LogP contribution in [0.3, 0.4) is 0 Å². The quantitative estimate of drug-likeness (QED) is 0.860. The number of nitrogens with one attached hydrogen (secondary N) is 1. The molecule has 3 heteroatoms. The van der Waals surface area contributed by atoms with Crippen LogP contribution in [-0.4, -0.2) is 35.6 Å². The zero-order valence-corrected chi connectivity index (χ0v) is 11.0. The van der Waals surface area contributed by atoms with E-state index in [1.165, 1.54) is 50.9 Å². The number of rotatable bonds is 5. The predicted octanol–water partition coefficient (Wildman–Crippen LogP) is 2.05. The summed E-state index contributed by atoms with van der Waals surface area (Å²) in [4.78, 5) is 6.64. The van der Waals surface area contributed by atoms with Crippen molar-refractivity contribution >= 4 is 0 Å². The van der Waals surface area contributed by atoms with E-state index in [4.69, 9.17) is 0 Å². The molecule has 3 nitrogen and oxygen atoms in total. The highest BCUT2D eigenvalue weighted by Gasteiger charge is 2.24. The van der Waals surface area contributed by atoms with Gasteiger partial charge in [0.2, 0.25) is 0 Å². The van der Waals surface area contributed by atoms with E-state index >= 15 is 0 Å². The van der Waals surface area contributed by atoms with E-state index < -0.39 is 0 Å². The number of hydrogen-bond donors (Lipinski definition) is 1. The third-order valence-electron chi connectivity index (χ3n) is 4.14. The van der Waals surface area contributed by atoms with Crippen molar-refractivity contribution in [1.82, 2.24) is 15.2 Å². The monoisotopic (exact) mass is 245 g/mol. The normalized spacial score (nSPS) is 22.2. The van der Waals surface area contributed by atoms with Gasteiger partial charge >= 0.3 is 0 Å². The van der Waals surface area contributed by atoms with Crippen LogP contribution in [-0.2, 0) is 6.54 Å². The molecule has 0 amide bonds. The molecule has 0 aromatic carbocycles. The van der Waals surface area contributed by atoms with Crippen LogP contribution >= 0.6 is 0 Å². The topological polar surface area (TPSA) is 28.2 Å². The summed E-state index contributed by atoms with van der Waals surface area (Å²) in [7, 11) is 0. The highest BCUT2D eigenvalue weighted by molar-refractivity contribution is 5.09. The number of pyridine rings is 1. The van der Waals surface area contributed by atoms with Crippen molar-refractivity contribution in [3.8, 4) is 0 Å². The Kier molecular flexibility index (Phi) is 3.91. The maximum atomic E-state index is 4.07. The second-order valence-corrected chi connectivity index (χ2v) is 5.76. The summed E-state index contributed by atoms with van der Waals surface area (Å²) in [5.41, 5.74) is 1.39. The van der Waals surface area contributed by atoms with E-state index in [2.05, 4.69) is 27.3 Å². The zero-order chi connectivity index (χ0) is 12.2. The van der Waals surface area contributed by atoms with E-state index in [0.717, 1.165) is 18.5 Å². The molecule has 1 aliphatic carbocycles. The first-order valence-electron chi connectivity index (χ1n) is 7.25. The average molecular weight is 245 g/mol. The largest absolute Gasteiger partial charge is 0.314 e. The van der Waals surface area contributed by atoms with Gasteiger partial charge in [0.25, 0.3) is 0 Å². The molecule has 2 fully saturated rings. The molecular formula is C15H23N3. The third kappa shape index (κ3) is 3.53. The van der Waals surface area contributed by atoms with Crippen molar-refractivity contribution in [2.75, 3.05) is 19.6 Å². The van der Waals surface area contributed by atoms with Crippen LogP contribution in [0.4, 0.5) is 0 Å². The molecule has 0 radical (unpaired) electrons. The summed E-state index contributed by atoms with van der Waals surface area (Å²) >= 11 is 0. The number of nitrogens with zero attached hydrogens (tertiary/aromatic N) is 2. The second-order valence-electron chi connectivity index (χ2n) is 5.76. The smallest absolute Gasteiger partial charge is 0.0271 e. The SMILES string of the molecule is c1cc(CN2CCC(CNC3CC3)CC2)ccn1. The Morgan fingerprint density at radius 3 is 2.50 bits per heavy atom. The molecule has 18 heavy (non-hydrogen) atoms. The van der Waals surface area contributed by atoms with E-state index in [9.17, 15) is 0 Å². The molecule has 1 aliphatic heterocycles. The first-order valence-corrected chi connectivity index (χ1v) is 7.25. The van der Waals surface area contributed by atoms with Gasteiger partial charge in [0.1, 0.15) is 0 Å². The maximum Gasteiger partial charge on any atom is 0.0271 e. The zero-order valence-electron chi connectivity index (χ0n) is 11.0. The van der Waals surface area contributed by atoms with Crippen molar-refractivity contribution in [3.05, 3.63) is 30.1 Å². The summed E-state index contributed by atoms with van der Waals surface area (Å²) in [5, 5.41) is 3.66. The number of likely N-dealkylation sites (tertiary alicyclic amines) is 1. The Bertz CT molecular complexity index is 353. The van der Waals surface area contributed by atoms with Gasteiger partial charge in [-0.25, -0.2) is 0 Å². The second kappa shape index (κ2) is 5.81. The molecule has 2 aliphatic rings. The number of aromatic nitrogens is 1. The average Bonchev–Trinajstić information content (AvgIpc) is 3.23. The van der Waals surface area contributed by atoms with Gasteiger partial charge in [-0.2, -0.15) is 0 Å². The number of piperidine rings is 1. The van der Waals surface area contributed by atoms with Gasteiger partial charge in [-0.1, -0.05) is 0 Å². The minimum Gasteiger partial charge on any atom is -0.314 e.